The van der Waals surface area contributed by atoms with E-state index < -0.39 is 10.0 Å². The SMILES string of the molecule is CCCCCCN1CCC(C)(c2cccc(NS(C)(=O)=O)c2)C(C)C1.Cl. The van der Waals surface area contributed by atoms with E-state index in [2.05, 4.69) is 36.5 Å². The van der Waals surface area contributed by atoms with Crippen LogP contribution in [0.1, 0.15) is 58.4 Å². The highest BCUT2D eigenvalue weighted by atomic mass is 35.5. The molecule has 2 rings (SSSR count). The molecule has 0 radical (unpaired) electrons. The van der Waals surface area contributed by atoms with Gasteiger partial charge in [0, 0.05) is 12.2 Å². The number of hydrogen-bond donors (Lipinski definition) is 1. The number of piperidine rings is 1. The van der Waals surface area contributed by atoms with E-state index in [4.69, 9.17) is 0 Å². The molecule has 2 atom stereocenters. The zero-order valence-corrected chi connectivity index (χ0v) is 18.3. The van der Waals surface area contributed by atoms with Crippen molar-refractivity contribution in [1.82, 2.24) is 4.90 Å². The number of likely N-dealkylation sites (tertiary alicyclic amines) is 1. The summed E-state index contributed by atoms with van der Waals surface area (Å²) in [6.45, 7) is 10.3. The quantitative estimate of drug-likeness (QED) is 0.643. The number of halogens is 1. The summed E-state index contributed by atoms with van der Waals surface area (Å²) in [6.07, 6.45) is 7.56. The second kappa shape index (κ2) is 9.95. The Morgan fingerprint density at radius 3 is 2.62 bits per heavy atom. The molecular weight excluding hydrogens is 368 g/mol. The van der Waals surface area contributed by atoms with Crippen LogP contribution in [0.2, 0.25) is 0 Å². The van der Waals surface area contributed by atoms with Gasteiger partial charge in [-0.3, -0.25) is 4.72 Å². The highest BCUT2D eigenvalue weighted by molar-refractivity contribution is 7.92. The molecule has 1 aromatic rings. The van der Waals surface area contributed by atoms with Crippen molar-refractivity contribution in [3.8, 4) is 0 Å². The van der Waals surface area contributed by atoms with E-state index in [0.717, 1.165) is 19.5 Å². The van der Waals surface area contributed by atoms with Crippen LogP contribution < -0.4 is 4.72 Å². The summed E-state index contributed by atoms with van der Waals surface area (Å²) in [7, 11) is -3.24. The molecule has 1 N–H and O–H groups in total. The van der Waals surface area contributed by atoms with Crippen LogP contribution in [-0.4, -0.2) is 39.2 Å². The number of sulfonamides is 1. The Kier molecular flexibility index (Phi) is 8.90. The van der Waals surface area contributed by atoms with Crippen molar-refractivity contribution < 1.29 is 8.42 Å². The van der Waals surface area contributed by atoms with Crippen LogP contribution in [0.5, 0.6) is 0 Å². The number of nitrogens with one attached hydrogen (secondary N) is 1. The van der Waals surface area contributed by atoms with E-state index >= 15 is 0 Å². The van der Waals surface area contributed by atoms with Gasteiger partial charge in [0.25, 0.3) is 0 Å². The molecule has 0 amide bonds. The van der Waals surface area contributed by atoms with Gasteiger partial charge in [0.15, 0.2) is 0 Å². The largest absolute Gasteiger partial charge is 0.303 e. The molecule has 4 nitrogen and oxygen atoms in total. The van der Waals surface area contributed by atoms with Gasteiger partial charge in [0.05, 0.1) is 6.26 Å². The van der Waals surface area contributed by atoms with Gasteiger partial charge in [0.2, 0.25) is 10.0 Å². The maximum atomic E-state index is 11.5. The Morgan fingerprint density at radius 2 is 2.00 bits per heavy atom. The smallest absolute Gasteiger partial charge is 0.229 e. The zero-order chi connectivity index (χ0) is 18.5. The Labute approximate surface area is 166 Å². The fourth-order valence-corrected chi connectivity index (χ4v) is 4.42. The van der Waals surface area contributed by atoms with Gasteiger partial charge in [-0.05, 0) is 55.0 Å². The number of hydrogen-bond acceptors (Lipinski definition) is 3. The number of nitrogens with zero attached hydrogens (tertiary/aromatic N) is 1. The minimum atomic E-state index is -3.24. The van der Waals surface area contributed by atoms with Crippen LogP contribution in [0.15, 0.2) is 24.3 Å². The normalized spacial score (nSPS) is 24.1. The lowest BCUT2D eigenvalue weighted by atomic mass is 9.68. The van der Waals surface area contributed by atoms with Crippen molar-refractivity contribution in [2.45, 2.75) is 58.3 Å². The second-order valence-corrected chi connectivity index (χ2v) is 9.63. The van der Waals surface area contributed by atoms with Crippen molar-refractivity contribution in [1.29, 1.82) is 0 Å². The van der Waals surface area contributed by atoms with Crippen molar-refractivity contribution in [3.63, 3.8) is 0 Å². The molecule has 6 heteroatoms. The second-order valence-electron chi connectivity index (χ2n) is 7.88. The average molecular weight is 403 g/mol. The van der Waals surface area contributed by atoms with Gasteiger partial charge in [-0.1, -0.05) is 52.2 Å². The lowest BCUT2D eigenvalue weighted by Crippen LogP contribution is -2.47. The lowest BCUT2D eigenvalue weighted by molar-refractivity contribution is 0.109. The zero-order valence-electron chi connectivity index (χ0n) is 16.6. The molecule has 0 spiro atoms. The van der Waals surface area contributed by atoms with E-state index in [9.17, 15) is 8.42 Å². The topological polar surface area (TPSA) is 49.4 Å². The highest BCUT2D eigenvalue weighted by Crippen LogP contribution is 2.40. The third kappa shape index (κ3) is 6.43. The third-order valence-electron chi connectivity index (χ3n) is 5.72. The van der Waals surface area contributed by atoms with E-state index in [1.165, 1.54) is 44.0 Å². The summed E-state index contributed by atoms with van der Waals surface area (Å²) in [5.41, 5.74) is 1.99. The van der Waals surface area contributed by atoms with Crippen molar-refractivity contribution in [2.24, 2.45) is 5.92 Å². The average Bonchev–Trinajstić information content (AvgIpc) is 2.53. The van der Waals surface area contributed by atoms with E-state index in [0.29, 0.717) is 11.6 Å². The molecule has 1 aromatic carbocycles. The first kappa shape index (κ1) is 23.3. The van der Waals surface area contributed by atoms with Gasteiger partial charge in [-0.2, -0.15) is 0 Å². The molecule has 1 aliphatic heterocycles. The number of benzene rings is 1. The third-order valence-corrected chi connectivity index (χ3v) is 6.33. The molecule has 0 aromatic heterocycles. The fourth-order valence-electron chi connectivity index (χ4n) is 3.86. The maximum absolute atomic E-state index is 11.5. The summed E-state index contributed by atoms with van der Waals surface area (Å²) in [5, 5.41) is 0. The summed E-state index contributed by atoms with van der Waals surface area (Å²) in [4.78, 5) is 2.60. The molecule has 0 saturated carbocycles. The maximum Gasteiger partial charge on any atom is 0.229 e. The van der Waals surface area contributed by atoms with Crippen LogP contribution in [0, 0.1) is 5.92 Å². The molecule has 0 bridgehead atoms. The monoisotopic (exact) mass is 402 g/mol. The summed E-state index contributed by atoms with van der Waals surface area (Å²) in [6, 6.07) is 7.93. The Bertz CT molecular complexity index is 666. The van der Waals surface area contributed by atoms with Crippen LogP contribution in [-0.2, 0) is 15.4 Å². The van der Waals surface area contributed by atoms with E-state index in [-0.39, 0.29) is 17.8 Å². The lowest BCUT2D eigenvalue weighted by Gasteiger charge is -2.45. The summed E-state index contributed by atoms with van der Waals surface area (Å²) < 4.78 is 25.6. The first-order valence-electron chi connectivity index (χ1n) is 9.55. The predicted molar refractivity (Wildman–Crippen MR) is 114 cm³/mol. The van der Waals surface area contributed by atoms with Gasteiger partial charge < -0.3 is 4.90 Å². The summed E-state index contributed by atoms with van der Waals surface area (Å²) >= 11 is 0. The molecule has 26 heavy (non-hydrogen) atoms. The molecule has 2 unspecified atom stereocenters. The minimum Gasteiger partial charge on any atom is -0.303 e. The minimum absolute atomic E-state index is 0. The molecule has 0 aliphatic carbocycles. The van der Waals surface area contributed by atoms with Gasteiger partial charge in [-0.15, -0.1) is 12.4 Å². The standard InChI is InChI=1S/C20H34N2O2S.ClH/c1-5-6-7-8-13-22-14-12-20(3,17(2)16-22)18-10-9-11-19(15-18)21-25(4,23)24;/h9-11,15,17,21H,5-8,12-14,16H2,1-4H3;1H. The molecule has 150 valence electrons. The Balaban J connectivity index is 0.00000338. The first-order chi connectivity index (χ1) is 11.7. The van der Waals surface area contributed by atoms with Crippen LogP contribution in [0.25, 0.3) is 0 Å². The molecule has 1 fully saturated rings. The number of unbranched alkanes of at least 4 members (excludes halogenated alkanes) is 3. The fraction of sp³-hybridized carbons (Fsp3) is 0.700. The highest BCUT2D eigenvalue weighted by Gasteiger charge is 2.37. The van der Waals surface area contributed by atoms with Crippen LogP contribution >= 0.6 is 12.4 Å². The number of rotatable bonds is 8. The molecule has 1 saturated heterocycles. The van der Waals surface area contributed by atoms with Crippen LogP contribution in [0.3, 0.4) is 0 Å². The summed E-state index contributed by atoms with van der Waals surface area (Å²) in [5.74, 6) is 0.543. The Hall–Kier alpha value is -0.780. The molecule has 1 aliphatic rings. The van der Waals surface area contributed by atoms with Gasteiger partial charge >= 0.3 is 0 Å². The van der Waals surface area contributed by atoms with Gasteiger partial charge in [-0.25, -0.2) is 8.42 Å². The van der Waals surface area contributed by atoms with Crippen molar-refractivity contribution in [3.05, 3.63) is 29.8 Å². The van der Waals surface area contributed by atoms with Gasteiger partial charge in [0.1, 0.15) is 0 Å². The Morgan fingerprint density at radius 1 is 1.27 bits per heavy atom. The molecular formula is C20H35ClN2O2S. The molecule has 1 heterocycles. The number of anilines is 1. The van der Waals surface area contributed by atoms with Crippen LogP contribution in [0.4, 0.5) is 5.69 Å². The predicted octanol–water partition coefficient (Wildman–Crippen LogP) is 4.66. The van der Waals surface area contributed by atoms with E-state index in [1.807, 2.05) is 18.2 Å². The van der Waals surface area contributed by atoms with Crippen molar-refractivity contribution >= 4 is 28.1 Å². The first-order valence-corrected chi connectivity index (χ1v) is 11.4. The van der Waals surface area contributed by atoms with Crippen molar-refractivity contribution in [2.75, 3.05) is 30.6 Å². The van der Waals surface area contributed by atoms with E-state index in [1.54, 1.807) is 0 Å².